The first-order chi connectivity index (χ1) is 5.39. The molecular weight excluding hydrogens is 383 g/mol. The summed E-state index contributed by atoms with van der Waals surface area (Å²) in [5, 5.41) is 2.66. The zero-order valence-corrected chi connectivity index (χ0v) is 11.3. The predicted molar refractivity (Wildman–Crippen MR) is 43.0 cm³/mol. The molecule has 0 unspecified atom stereocenters. The Hall–Kier alpha value is 1.01. The van der Waals surface area contributed by atoms with Crippen LogP contribution in [0.25, 0.3) is 0 Å². The molecule has 12 heavy (non-hydrogen) atoms. The second-order valence-corrected chi connectivity index (χ2v) is 11.4. The molecule has 5 nitrogen and oxygen atoms in total. The zero-order chi connectivity index (χ0) is 9.78. The van der Waals surface area contributed by atoms with Crippen LogP contribution < -0.4 is 0 Å². The first kappa shape index (κ1) is 13.0. The summed E-state index contributed by atoms with van der Waals surface area (Å²) in [4.78, 5) is 0. The van der Waals surface area contributed by atoms with Gasteiger partial charge < -0.3 is 0 Å². The van der Waals surface area contributed by atoms with Gasteiger partial charge in [-0.2, -0.15) is 0 Å². The fourth-order valence-electron chi connectivity index (χ4n) is 0.411. The van der Waals surface area contributed by atoms with Gasteiger partial charge in [-0.05, 0) is 0 Å². The summed E-state index contributed by atoms with van der Waals surface area (Å²) in [7, 11) is 12.1. The van der Waals surface area contributed by atoms with Crippen molar-refractivity contribution in [2.24, 2.45) is 0 Å². The van der Waals surface area contributed by atoms with Crippen LogP contribution in [0.4, 0.5) is 0 Å². The van der Waals surface area contributed by atoms with Gasteiger partial charge in [0.15, 0.2) is 0 Å². The third-order valence-corrected chi connectivity index (χ3v) is 7.80. The average molecular weight is 395 g/mol. The van der Waals surface area contributed by atoms with E-state index >= 15 is 0 Å². The summed E-state index contributed by atoms with van der Waals surface area (Å²) >= 11 is -1.24. The van der Waals surface area contributed by atoms with E-state index in [4.69, 9.17) is 18.8 Å². The molecule has 0 aliphatic heterocycles. The maximum absolute atomic E-state index is 11.6. The zero-order valence-electron chi connectivity index (χ0n) is 7.28. The van der Waals surface area contributed by atoms with Crippen molar-refractivity contribution < 1.29 is 30.0 Å². The van der Waals surface area contributed by atoms with Gasteiger partial charge in [-0.25, -0.2) is 0 Å². The number of halogens is 1. The Morgan fingerprint density at radius 2 is 1.50 bits per heavy atom. The molecule has 0 radical (unpaired) electrons. The van der Waals surface area contributed by atoms with Gasteiger partial charge >= 0.3 is 83.7 Å². The number of rotatable bonds is 5. The van der Waals surface area contributed by atoms with E-state index in [2.05, 4.69) is 0 Å². The first-order valence-corrected chi connectivity index (χ1v) is 10.6. The minimum absolute atomic E-state index is 1.24. The van der Waals surface area contributed by atoms with Gasteiger partial charge in [-0.15, -0.1) is 0 Å². The summed E-state index contributed by atoms with van der Waals surface area (Å²) in [5.74, 6) is -3.07. The fourth-order valence-corrected chi connectivity index (χ4v) is 5.03. The van der Waals surface area contributed by atoms with Crippen LogP contribution in [0.1, 0.15) is 0 Å². The van der Waals surface area contributed by atoms with E-state index in [1.807, 2.05) is 0 Å². The third kappa shape index (κ3) is 5.62. The van der Waals surface area contributed by atoms with Crippen molar-refractivity contribution in [3.8, 4) is 0 Å². The van der Waals surface area contributed by atoms with Crippen molar-refractivity contribution in [1.82, 2.24) is 10.1 Å². The molecule has 77 valence electrons. The molecule has 0 spiro atoms. The van der Waals surface area contributed by atoms with Crippen molar-refractivity contribution in [2.45, 2.75) is 0 Å². The second-order valence-electron chi connectivity index (χ2n) is 2.25. The van der Waals surface area contributed by atoms with E-state index in [1.54, 1.807) is 28.2 Å². The minimum atomic E-state index is -3.07. The standard InChI is InChI=1S/C4H12N2O3P.ClH.Ir/c1-5(2)8-10(7)9-6(3)4;;/h1-4H3;1H;/q+1;;/p-1. The van der Waals surface area contributed by atoms with Gasteiger partial charge in [0.2, 0.25) is 0 Å². The molecule has 0 saturated heterocycles. The molecule has 0 saturated carbocycles. The van der Waals surface area contributed by atoms with Crippen LogP contribution in [0, 0.1) is 0 Å². The Kier molecular flexibility index (Phi) is 6.16. The quantitative estimate of drug-likeness (QED) is 0.519. The summed E-state index contributed by atoms with van der Waals surface area (Å²) < 4.78 is 21.5. The van der Waals surface area contributed by atoms with Gasteiger partial charge in [0.25, 0.3) is 0 Å². The van der Waals surface area contributed by atoms with E-state index in [0.29, 0.717) is 0 Å². The van der Waals surface area contributed by atoms with Crippen LogP contribution in [0.2, 0.25) is 0 Å². The van der Waals surface area contributed by atoms with Gasteiger partial charge in [0.05, 0.1) is 0 Å². The molecule has 0 heterocycles. The number of nitrogens with zero attached hydrogens (tertiary/aromatic N) is 2. The number of hydrogen-bond donors (Lipinski definition) is 0. The summed E-state index contributed by atoms with van der Waals surface area (Å²) in [5.41, 5.74) is 0. The number of hydroxylamine groups is 4. The molecular formula is C4H12ClIrN2O3P. The second kappa shape index (κ2) is 5.68. The Labute approximate surface area is 83.8 Å². The molecule has 0 bridgehead atoms. The molecule has 0 aromatic carbocycles. The summed E-state index contributed by atoms with van der Waals surface area (Å²) in [6, 6.07) is 0. The molecule has 0 N–H and O–H groups in total. The summed E-state index contributed by atoms with van der Waals surface area (Å²) in [6.07, 6.45) is 0. The van der Waals surface area contributed by atoms with Crippen LogP contribution in [0.5, 0.6) is 0 Å². The Morgan fingerprint density at radius 3 is 1.67 bits per heavy atom. The van der Waals surface area contributed by atoms with E-state index < -0.39 is 22.0 Å². The topological polar surface area (TPSA) is 42.0 Å². The van der Waals surface area contributed by atoms with Gasteiger partial charge in [0, 0.05) is 0 Å². The third-order valence-electron chi connectivity index (χ3n) is 0.583. The molecule has 0 rings (SSSR count). The molecule has 0 amide bonds. The van der Waals surface area contributed by atoms with Crippen molar-refractivity contribution in [3.05, 3.63) is 0 Å². The normalized spacial score (nSPS) is 13.2. The van der Waals surface area contributed by atoms with E-state index in [9.17, 15) is 4.57 Å². The van der Waals surface area contributed by atoms with Crippen LogP contribution in [-0.4, -0.2) is 38.3 Å². The van der Waals surface area contributed by atoms with Crippen LogP contribution in [0.3, 0.4) is 0 Å². The number of hydrogen-bond acceptors (Lipinski definition) is 5. The van der Waals surface area contributed by atoms with E-state index in [-0.39, 0.29) is 0 Å². The average Bonchev–Trinajstić information content (AvgIpc) is 1.83. The Balaban J connectivity index is 4.15. The van der Waals surface area contributed by atoms with E-state index in [0.717, 1.165) is 0 Å². The van der Waals surface area contributed by atoms with Gasteiger partial charge in [0.1, 0.15) is 0 Å². The molecule has 0 aromatic rings. The van der Waals surface area contributed by atoms with Crippen LogP contribution in [0.15, 0.2) is 0 Å². The van der Waals surface area contributed by atoms with Gasteiger partial charge in [-0.3, -0.25) is 0 Å². The molecule has 0 aliphatic carbocycles. The molecule has 8 heteroatoms. The monoisotopic (exact) mass is 395 g/mol. The fraction of sp³-hybridized carbons (Fsp3) is 1.00. The molecule has 0 aliphatic rings. The molecule has 0 fully saturated rings. The van der Waals surface area contributed by atoms with Gasteiger partial charge in [-0.1, -0.05) is 0 Å². The SMILES string of the molecule is CN(C)O[P](=O)(ON(C)C)[Ir][Cl]. The molecule has 0 atom stereocenters. The van der Waals surface area contributed by atoms with Crippen LogP contribution in [-0.2, 0) is 30.0 Å². The van der Waals surface area contributed by atoms with Crippen LogP contribution >= 0.6 is 15.4 Å². The van der Waals surface area contributed by atoms with Crippen molar-refractivity contribution >= 4 is 15.4 Å². The maximum atomic E-state index is 11.6. The van der Waals surface area contributed by atoms with Crippen molar-refractivity contribution in [3.63, 3.8) is 0 Å². The Morgan fingerprint density at radius 1 is 1.17 bits per heavy atom. The first-order valence-electron chi connectivity index (χ1n) is 2.98. The van der Waals surface area contributed by atoms with E-state index in [1.165, 1.54) is 10.1 Å². The van der Waals surface area contributed by atoms with Crippen molar-refractivity contribution in [2.75, 3.05) is 28.2 Å². The summed E-state index contributed by atoms with van der Waals surface area (Å²) in [6.45, 7) is 0. The Bertz CT molecular complexity index is 166. The predicted octanol–water partition coefficient (Wildman–Crippen LogP) is 1.32. The molecule has 0 aromatic heterocycles. The van der Waals surface area contributed by atoms with Crippen molar-refractivity contribution in [1.29, 1.82) is 0 Å².